The number of anilines is 2. The van der Waals surface area contributed by atoms with Gasteiger partial charge in [-0.15, -0.1) is 0 Å². The number of amides is 2. The van der Waals surface area contributed by atoms with E-state index in [0.717, 1.165) is 5.56 Å². The maximum Gasteiger partial charge on any atom is 0.257 e. The van der Waals surface area contributed by atoms with Gasteiger partial charge in [-0.2, -0.15) is 0 Å². The van der Waals surface area contributed by atoms with Crippen LogP contribution in [0.2, 0.25) is 0 Å². The van der Waals surface area contributed by atoms with Crippen molar-refractivity contribution in [3.05, 3.63) is 95.6 Å². The van der Waals surface area contributed by atoms with Crippen molar-refractivity contribution in [2.45, 2.75) is 6.92 Å². The Hall–Kier alpha value is -3.51. The minimum atomic E-state index is -0.274. The number of thiocarbonyl (C=S) groups is 1. The monoisotopic (exact) mass is 389 g/mol. The molecule has 0 aromatic heterocycles. The van der Waals surface area contributed by atoms with E-state index >= 15 is 0 Å². The standard InChI is InChI=1S/C22H19N3O2S/c1-15-8-5-6-13-19(15)21(27)25-22(28)24-18-12-7-11-17(14-18)23-20(26)16-9-3-2-4-10-16/h2-14H,1H3,(H,23,26)(H2,24,25,27,28). The lowest BCUT2D eigenvalue weighted by molar-refractivity contribution is 0.0975. The predicted octanol–water partition coefficient (Wildman–Crippen LogP) is 4.37. The van der Waals surface area contributed by atoms with Gasteiger partial charge in [-0.1, -0.05) is 42.5 Å². The molecule has 28 heavy (non-hydrogen) atoms. The van der Waals surface area contributed by atoms with Crippen molar-refractivity contribution in [3.63, 3.8) is 0 Å². The van der Waals surface area contributed by atoms with Gasteiger partial charge in [0.05, 0.1) is 0 Å². The Kier molecular flexibility index (Phi) is 6.14. The summed E-state index contributed by atoms with van der Waals surface area (Å²) in [6.07, 6.45) is 0. The quantitative estimate of drug-likeness (QED) is 0.580. The van der Waals surface area contributed by atoms with Crippen LogP contribution in [0.1, 0.15) is 26.3 Å². The third-order valence-electron chi connectivity index (χ3n) is 4.03. The van der Waals surface area contributed by atoms with Crippen LogP contribution in [0, 0.1) is 6.92 Å². The second-order valence-corrected chi connectivity index (χ2v) is 6.53. The highest BCUT2D eigenvalue weighted by molar-refractivity contribution is 7.80. The lowest BCUT2D eigenvalue weighted by atomic mass is 10.1. The minimum Gasteiger partial charge on any atom is -0.332 e. The second kappa shape index (κ2) is 8.92. The van der Waals surface area contributed by atoms with E-state index in [4.69, 9.17) is 12.2 Å². The minimum absolute atomic E-state index is 0.180. The van der Waals surface area contributed by atoms with E-state index in [1.54, 1.807) is 48.5 Å². The zero-order valence-corrected chi connectivity index (χ0v) is 16.0. The first-order chi connectivity index (χ1) is 13.5. The van der Waals surface area contributed by atoms with Crippen molar-refractivity contribution in [2.24, 2.45) is 0 Å². The number of aryl methyl sites for hydroxylation is 1. The summed E-state index contributed by atoms with van der Waals surface area (Å²) in [4.78, 5) is 24.6. The number of benzene rings is 3. The van der Waals surface area contributed by atoms with Crippen LogP contribution < -0.4 is 16.0 Å². The first-order valence-electron chi connectivity index (χ1n) is 8.67. The normalized spacial score (nSPS) is 10.0. The Bertz CT molecular complexity index is 1020. The molecule has 0 radical (unpaired) electrons. The van der Waals surface area contributed by atoms with Crippen LogP contribution >= 0.6 is 12.2 Å². The molecule has 2 amide bonds. The van der Waals surface area contributed by atoms with Crippen LogP contribution in [0.15, 0.2) is 78.9 Å². The van der Waals surface area contributed by atoms with E-state index < -0.39 is 0 Å². The number of nitrogens with one attached hydrogen (secondary N) is 3. The number of rotatable bonds is 4. The van der Waals surface area contributed by atoms with Gasteiger partial charge in [0, 0.05) is 22.5 Å². The Morgan fingerprint density at radius 1 is 0.750 bits per heavy atom. The van der Waals surface area contributed by atoms with Crippen molar-refractivity contribution >= 4 is 40.5 Å². The third kappa shape index (κ3) is 5.02. The van der Waals surface area contributed by atoms with Gasteiger partial charge in [0.15, 0.2) is 5.11 Å². The van der Waals surface area contributed by atoms with E-state index in [-0.39, 0.29) is 16.9 Å². The fourth-order valence-electron chi connectivity index (χ4n) is 2.63. The molecule has 0 aliphatic heterocycles. The highest BCUT2D eigenvalue weighted by atomic mass is 32.1. The Morgan fingerprint density at radius 2 is 1.39 bits per heavy atom. The van der Waals surface area contributed by atoms with Gasteiger partial charge < -0.3 is 10.6 Å². The second-order valence-electron chi connectivity index (χ2n) is 6.12. The van der Waals surface area contributed by atoms with Crippen molar-refractivity contribution in [2.75, 3.05) is 10.6 Å². The number of hydrogen-bond acceptors (Lipinski definition) is 3. The van der Waals surface area contributed by atoms with E-state index in [0.29, 0.717) is 22.5 Å². The van der Waals surface area contributed by atoms with Crippen molar-refractivity contribution in [1.29, 1.82) is 0 Å². The molecule has 6 heteroatoms. The molecular formula is C22H19N3O2S. The number of carbonyl (C=O) groups is 2. The summed E-state index contributed by atoms with van der Waals surface area (Å²) in [6.45, 7) is 1.87. The zero-order valence-electron chi connectivity index (χ0n) is 15.2. The molecule has 0 spiro atoms. The van der Waals surface area contributed by atoms with Crippen LogP contribution in [0.3, 0.4) is 0 Å². The predicted molar refractivity (Wildman–Crippen MR) is 116 cm³/mol. The van der Waals surface area contributed by atoms with Crippen molar-refractivity contribution in [1.82, 2.24) is 5.32 Å². The lowest BCUT2D eigenvalue weighted by Gasteiger charge is -2.12. The third-order valence-corrected chi connectivity index (χ3v) is 4.24. The molecular weight excluding hydrogens is 370 g/mol. The van der Waals surface area contributed by atoms with Crippen LogP contribution in [0.4, 0.5) is 11.4 Å². The maximum atomic E-state index is 12.3. The van der Waals surface area contributed by atoms with Gasteiger partial charge in [-0.05, 0) is 61.1 Å². The molecule has 0 fully saturated rings. The molecule has 0 heterocycles. The summed E-state index contributed by atoms with van der Waals surface area (Å²) in [7, 11) is 0. The summed E-state index contributed by atoms with van der Waals surface area (Å²) >= 11 is 5.23. The molecule has 0 bridgehead atoms. The van der Waals surface area contributed by atoms with E-state index in [1.807, 2.05) is 37.3 Å². The van der Waals surface area contributed by atoms with Crippen molar-refractivity contribution in [3.8, 4) is 0 Å². The summed E-state index contributed by atoms with van der Waals surface area (Å²) < 4.78 is 0. The highest BCUT2D eigenvalue weighted by Gasteiger charge is 2.10. The molecule has 5 nitrogen and oxygen atoms in total. The summed E-state index contributed by atoms with van der Waals surface area (Å²) in [6, 6.07) is 23.3. The summed E-state index contributed by atoms with van der Waals surface area (Å²) in [5, 5.41) is 8.65. The van der Waals surface area contributed by atoms with Gasteiger partial charge in [0.25, 0.3) is 11.8 Å². The molecule has 3 N–H and O–H groups in total. The highest BCUT2D eigenvalue weighted by Crippen LogP contribution is 2.16. The van der Waals surface area contributed by atoms with Crippen molar-refractivity contribution < 1.29 is 9.59 Å². The summed E-state index contributed by atoms with van der Waals surface area (Å²) in [5.41, 5.74) is 3.28. The van der Waals surface area contributed by atoms with Crippen LogP contribution in [0.5, 0.6) is 0 Å². The SMILES string of the molecule is Cc1ccccc1C(=O)NC(=S)Nc1cccc(NC(=O)c2ccccc2)c1. The molecule has 3 aromatic carbocycles. The fourth-order valence-corrected chi connectivity index (χ4v) is 2.84. The Morgan fingerprint density at radius 3 is 2.11 bits per heavy atom. The van der Waals surface area contributed by atoms with Crippen LogP contribution in [0.25, 0.3) is 0 Å². The fraction of sp³-hybridized carbons (Fsp3) is 0.0455. The molecule has 0 saturated carbocycles. The molecule has 0 aliphatic rings. The van der Waals surface area contributed by atoms with Gasteiger partial charge >= 0.3 is 0 Å². The van der Waals surface area contributed by atoms with Gasteiger partial charge in [-0.25, -0.2) is 0 Å². The number of hydrogen-bond donors (Lipinski definition) is 3. The zero-order chi connectivity index (χ0) is 19.9. The first-order valence-corrected chi connectivity index (χ1v) is 9.08. The molecule has 3 aromatic rings. The van der Waals surface area contributed by atoms with Gasteiger partial charge in [-0.3, -0.25) is 14.9 Å². The smallest absolute Gasteiger partial charge is 0.257 e. The molecule has 0 aliphatic carbocycles. The van der Waals surface area contributed by atoms with Crippen LogP contribution in [-0.4, -0.2) is 16.9 Å². The lowest BCUT2D eigenvalue weighted by Crippen LogP contribution is -2.34. The van der Waals surface area contributed by atoms with Crippen LogP contribution in [-0.2, 0) is 0 Å². The maximum absolute atomic E-state index is 12.3. The Labute approximate surface area is 168 Å². The average Bonchev–Trinajstić information content (AvgIpc) is 2.69. The molecule has 0 saturated heterocycles. The van der Waals surface area contributed by atoms with E-state index in [2.05, 4.69) is 16.0 Å². The topological polar surface area (TPSA) is 70.2 Å². The molecule has 0 unspecified atom stereocenters. The largest absolute Gasteiger partial charge is 0.332 e. The number of carbonyl (C=O) groups excluding carboxylic acids is 2. The van der Waals surface area contributed by atoms with Gasteiger partial charge in [0.2, 0.25) is 0 Å². The van der Waals surface area contributed by atoms with Gasteiger partial charge in [0.1, 0.15) is 0 Å². The molecule has 0 atom stereocenters. The first kappa shape index (κ1) is 19.3. The van der Waals surface area contributed by atoms with E-state index in [9.17, 15) is 9.59 Å². The molecule has 140 valence electrons. The van der Waals surface area contributed by atoms with E-state index in [1.165, 1.54) is 0 Å². The summed E-state index contributed by atoms with van der Waals surface area (Å²) in [5.74, 6) is -0.475. The molecule has 3 rings (SSSR count). The Balaban J connectivity index is 1.62. The average molecular weight is 389 g/mol.